The molecule has 2 heterocycles. The lowest BCUT2D eigenvalue weighted by molar-refractivity contribution is 0.457. The molecule has 0 saturated heterocycles. The molecule has 0 atom stereocenters. The first-order chi connectivity index (χ1) is 8.81. The second-order valence-electron chi connectivity index (χ2n) is 3.76. The molecule has 2 aromatic rings. The zero-order valence-corrected chi connectivity index (χ0v) is 10.6. The lowest BCUT2D eigenvalue weighted by Gasteiger charge is -2.03. The Labute approximate surface area is 106 Å². The largest absolute Gasteiger partial charge is 0.434 e. The summed E-state index contributed by atoms with van der Waals surface area (Å²) in [6, 6.07) is 0. The van der Waals surface area contributed by atoms with Gasteiger partial charge in [0.1, 0.15) is 0 Å². The Morgan fingerprint density at radius 2 is 2.11 bits per heavy atom. The highest BCUT2D eigenvalue weighted by molar-refractivity contribution is 5.19. The maximum Gasteiger partial charge on any atom is 0.238 e. The number of nitrogens with one attached hydrogen (secondary N) is 1. The third-order valence-corrected chi connectivity index (χ3v) is 2.39. The zero-order valence-electron chi connectivity index (χ0n) is 10.6. The minimum atomic E-state index is 0.478. The molecule has 2 aromatic heterocycles. The molecule has 0 aliphatic carbocycles. The van der Waals surface area contributed by atoms with E-state index in [2.05, 4.69) is 27.3 Å². The van der Waals surface area contributed by atoms with E-state index in [0.717, 1.165) is 25.3 Å². The second-order valence-corrected chi connectivity index (χ2v) is 3.76. The van der Waals surface area contributed by atoms with Gasteiger partial charge in [0.05, 0.1) is 30.5 Å². The predicted octanol–water partition coefficient (Wildman–Crippen LogP) is 1.59. The molecule has 0 unspecified atom stereocenters. The Morgan fingerprint density at radius 1 is 1.22 bits per heavy atom. The summed E-state index contributed by atoms with van der Waals surface area (Å²) in [4.78, 5) is 8.46. The average molecular weight is 247 g/mol. The van der Waals surface area contributed by atoms with Crippen LogP contribution in [0.2, 0.25) is 0 Å². The molecular formula is C12H17N5O. The third-order valence-electron chi connectivity index (χ3n) is 2.39. The Kier molecular flexibility index (Phi) is 4.25. The van der Waals surface area contributed by atoms with Gasteiger partial charge in [0.25, 0.3) is 0 Å². The fourth-order valence-electron chi connectivity index (χ4n) is 1.43. The van der Waals surface area contributed by atoms with Crippen molar-refractivity contribution < 1.29 is 4.74 Å². The van der Waals surface area contributed by atoms with Gasteiger partial charge in [-0.15, -0.1) is 0 Å². The van der Waals surface area contributed by atoms with E-state index >= 15 is 0 Å². The summed E-state index contributed by atoms with van der Waals surface area (Å²) >= 11 is 0. The van der Waals surface area contributed by atoms with E-state index in [9.17, 15) is 0 Å². The number of hydrogen-bond acceptors (Lipinski definition) is 5. The zero-order chi connectivity index (χ0) is 12.8. The van der Waals surface area contributed by atoms with E-state index in [4.69, 9.17) is 4.74 Å². The lowest BCUT2D eigenvalue weighted by atomic mass is 10.4. The SMILES string of the molecule is CCNCc1cnc(Oc2cnn(CC)c2)cn1. The Bertz CT molecular complexity index is 479. The summed E-state index contributed by atoms with van der Waals surface area (Å²) in [5.41, 5.74) is 0.897. The molecule has 0 fully saturated rings. The van der Waals surface area contributed by atoms with E-state index < -0.39 is 0 Å². The maximum absolute atomic E-state index is 5.54. The van der Waals surface area contributed by atoms with Gasteiger partial charge < -0.3 is 10.1 Å². The number of aromatic nitrogens is 4. The molecule has 18 heavy (non-hydrogen) atoms. The summed E-state index contributed by atoms with van der Waals surface area (Å²) in [6.45, 7) is 6.52. The van der Waals surface area contributed by atoms with E-state index in [-0.39, 0.29) is 0 Å². The first-order valence-electron chi connectivity index (χ1n) is 6.03. The van der Waals surface area contributed by atoms with E-state index in [1.54, 1.807) is 23.3 Å². The highest BCUT2D eigenvalue weighted by atomic mass is 16.5. The minimum absolute atomic E-state index is 0.478. The molecule has 2 rings (SSSR count). The second kappa shape index (κ2) is 6.11. The summed E-state index contributed by atoms with van der Waals surface area (Å²) in [5.74, 6) is 1.15. The minimum Gasteiger partial charge on any atom is -0.434 e. The summed E-state index contributed by atoms with van der Waals surface area (Å²) in [7, 11) is 0. The van der Waals surface area contributed by atoms with Crippen molar-refractivity contribution in [2.24, 2.45) is 0 Å². The molecule has 1 N–H and O–H groups in total. The van der Waals surface area contributed by atoms with Crippen molar-refractivity contribution in [3.05, 3.63) is 30.5 Å². The predicted molar refractivity (Wildman–Crippen MR) is 67.4 cm³/mol. The Hall–Kier alpha value is -1.95. The lowest BCUT2D eigenvalue weighted by Crippen LogP contribution is -2.13. The van der Waals surface area contributed by atoms with Gasteiger partial charge in [-0.2, -0.15) is 5.10 Å². The van der Waals surface area contributed by atoms with Crippen molar-refractivity contribution in [3.63, 3.8) is 0 Å². The standard InChI is InChI=1S/C12H17N5O/c1-3-13-5-10-6-15-12(8-14-10)18-11-7-16-17(4-2)9-11/h6-9,13H,3-5H2,1-2H3. The number of rotatable bonds is 6. The van der Waals surface area contributed by atoms with Crippen LogP contribution in [0.15, 0.2) is 24.8 Å². The van der Waals surface area contributed by atoms with E-state index in [1.807, 2.05) is 13.1 Å². The van der Waals surface area contributed by atoms with Gasteiger partial charge in [-0.25, -0.2) is 4.98 Å². The number of hydrogen-bond donors (Lipinski definition) is 1. The highest BCUT2D eigenvalue weighted by Gasteiger charge is 2.02. The molecule has 0 amide bonds. The van der Waals surface area contributed by atoms with Crippen molar-refractivity contribution >= 4 is 0 Å². The van der Waals surface area contributed by atoms with Crippen LogP contribution in [-0.2, 0) is 13.1 Å². The van der Waals surface area contributed by atoms with Crippen molar-refractivity contribution in [3.8, 4) is 11.6 Å². The van der Waals surface area contributed by atoms with Crippen LogP contribution in [0.5, 0.6) is 11.6 Å². The normalized spacial score (nSPS) is 10.6. The first-order valence-corrected chi connectivity index (χ1v) is 6.03. The van der Waals surface area contributed by atoms with Crippen LogP contribution < -0.4 is 10.1 Å². The van der Waals surface area contributed by atoms with Crippen LogP contribution in [-0.4, -0.2) is 26.3 Å². The Morgan fingerprint density at radius 3 is 2.72 bits per heavy atom. The highest BCUT2D eigenvalue weighted by Crippen LogP contribution is 2.17. The Balaban J connectivity index is 1.97. The van der Waals surface area contributed by atoms with Crippen molar-refractivity contribution in [1.82, 2.24) is 25.1 Å². The van der Waals surface area contributed by atoms with Gasteiger partial charge in [0.15, 0.2) is 5.75 Å². The number of nitrogens with zero attached hydrogens (tertiary/aromatic N) is 4. The van der Waals surface area contributed by atoms with Crippen LogP contribution in [0.4, 0.5) is 0 Å². The van der Waals surface area contributed by atoms with Crippen LogP contribution in [0.1, 0.15) is 19.5 Å². The molecule has 0 aliphatic rings. The fourth-order valence-corrected chi connectivity index (χ4v) is 1.43. The summed E-state index contributed by atoms with van der Waals surface area (Å²) < 4.78 is 7.34. The van der Waals surface area contributed by atoms with Crippen LogP contribution in [0.25, 0.3) is 0 Å². The van der Waals surface area contributed by atoms with Gasteiger partial charge in [-0.3, -0.25) is 9.67 Å². The molecule has 0 aliphatic heterocycles. The molecule has 6 heteroatoms. The van der Waals surface area contributed by atoms with Crippen LogP contribution >= 0.6 is 0 Å². The molecule has 96 valence electrons. The van der Waals surface area contributed by atoms with Gasteiger partial charge in [-0.05, 0) is 13.5 Å². The topological polar surface area (TPSA) is 64.9 Å². The average Bonchev–Trinajstić information content (AvgIpc) is 2.86. The van der Waals surface area contributed by atoms with Crippen LogP contribution in [0.3, 0.4) is 0 Å². The summed E-state index contributed by atoms with van der Waals surface area (Å²) in [5, 5.41) is 7.31. The number of ether oxygens (including phenoxy) is 1. The van der Waals surface area contributed by atoms with Crippen molar-refractivity contribution in [2.75, 3.05) is 6.54 Å². The van der Waals surface area contributed by atoms with Gasteiger partial charge in [0.2, 0.25) is 5.88 Å². The van der Waals surface area contributed by atoms with Gasteiger partial charge >= 0.3 is 0 Å². The van der Waals surface area contributed by atoms with Crippen molar-refractivity contribution in [1.29, 1.82) is 0 Å². The van der Waals surface area contributed by atoms with Crippen LogP contribution in [0, 0.1) is 0 Å². The third kappa shape index (κ3) is 3.27. The number of aryl methyl sites for hydroxylation is 1. The van der Waals surface area contributed by atoms with E-state index in [1.165, 1.54) is 0 Å². The first kappa shape index (κ1) is 12.5. The smallest absolute Gasteiger partial charge is 0.238 e. The summed E-state index contributed by atoms with van der Waals surface area (Å²) in [6.07, 6.45) is 6.82. The van der Waals surface area contributed by atoms with Gasteiger partial charge in [-0.1, -0.05) is 6.92 Å². The molecule has 0 spiro atoms. The molecular weight excluding hydrogens is 230 g/mol. The van der Waals surface area contributed by atoms with Crippen molar-refractivity contribution in [2.45, 2.75) is 26.9 Å². The molecule has 6 nitrogen and oxygen atoms in total. The maximum atomic E-state index is 5.54. The van der Waals surface area contributed by atoms with E-state index in [0.29, 0.717) is 11.6 Å². The fraction of sp³-hybridized carbons (Fsp3) is 0.417. The molecule has 0 saturated carbocycles. The molecule has 0 bridgehead atoms. The quantitative estimate of drug-likeness (QED) is 0.839. The molecule has 0 aromatic carbocycles. The van der Waals surface area contributed by atoms with Gasteiger partial charge in [0, 0.05) is 13.1 Å². The monoisotopic (exact) mass is 247 g/mol. The molecule has 0 radical (unpaired) electrons.